The minimum atomic E-state index is -0.436. The molecule has 0 amide bonds. The van der Waals surface area contributed by atoms with E-state index in [2.05, 4.69) is 0 Å². The largest absolute Gasteiger partial charge is 0.462 e. The summed E-state index contributed by atoms with van der Waals surface area (Å²) < 4.78 is 6.61. The lowest BCUT2D eigenvalue weighted by Crippen LogP contribution is -2.20. The molecule has 0 radical (unpaired) electrons. The summed E-state index contributed by atoms with van der Waals surface area (Å²) in [5.74, 6) is -0.436. The molecule has 1 aromatic heterocycles. The molecule has 21 heavy (non-hydrogen) atoms. The second-order valence-electron chi connectivity index (χ2n) is 4.81. The summed E-state index contributed by atoms with van der Waals surface area (Å²) >= 11 is 5.89. The van der Waals surface area contributed by atoms with Gasteiger partial charge in [0.2, 0.25) is 5.43 Å². The summed E-state index contributed by atoms with van der Waals surface area (Å²) in [7, 11) is 0. The van der Waals surface area contributed by atoms with Crippen molar-refractivity contribution < 1.29 is 9.53 Å². The highest BCUT2D eigenvalue weighted by Crippen LogP contribution is 2.17. The fraction of sp³-hybridized carbons (Fsp3) is 0.267. The second-order valence-corrected chi connectivity index (χ2v) is 5.25. The van der Waals surface area contributed by atoms with Crippen molar-refractivity contribution in [2.75, 3.05) is 0 Å². The molecule has 0 aliphatic heterocycles. The van der Waals surface area contributed by atoms with Crippen LogP contribution in [-0.4, -0.2) is 16.6 Å². The van der Waals surface area contributed by atoms with Crippen molar-refractivity contribution in [1.29, 1.82) is 5.26 Å². The Morgan fingerprint density at radius 2 is 2.19 bits per heavy atom. The lowest BCUT2D eigenvalue weighted by atomic mass is 10.1. The number of aromatic nitrogens is 1. The van der Waals surface area contributed by atoms with Crippen molar-refractivity contribution in [1.82, 2.24) is 4.57 Å². The van der Waals surface area contributed by atoms with Gasteiger partial charge >= 0.3 is 5.97 Å². The van der Waals surface area contributed by atoms with E-state index in [1.54, 1.807) is 26.0 Å². The van der Waals surface area contributed by atoms with Gasteiger partial charge in [-0.15, -0.1) is 0 Å². The van der Waals surface area contributed by atoms with Crippen molar-refractivity contribution in [2.45, 2.75) is 26.5 Å². The summed E-state index contributed by atoms with van der Waals surface area (Å²) in [6.45, 7) is 3.43. The normalized spacial score (nSPS) is 10.6. The number of carbonyl (C=O) groups is 1. The molecule has 1 aromatic carbocycles. The lowest BCUT2D eigenvalue weighted by molar-refractivity contribution is -0.148. The van der Waals surface area contributed by atoms with Crippen LogP contribution in [-0.2, 0) is 16.1 Å². The third kappa shape index (κ3) is 3.23. The Morgan fingerprint density at radius 1 is 1.48 bits per heavy atom. The fourth-order valence-corrected chi connectivity index (χ4v) is 2.19. The molecule has 0 saturated heterocycles. The van der Waals surface area contributed by atoms with Crippen molar-refractivity contribution in [3.8, 4) is 6.07 Å². The van der Waals surface area contributed by atoms with Gasteiger partial charge in [0.25, 0.3) is 0 Å². The average molecular weight is 305 g/mol. The van der Waals surface area contributed by atoms with Gasteiger partial charge in [0, 0.05) is 16.6 Å². The van der Waals surface area contributed by atoms with Crippen LogP contribution in [0.25, 0.3) is 10.9 Å². The first-order valence-electron chi connectivity index (χ1n) is 6.34. The molecule has 0 N–H and O–H groups in total. The number of pyridine rings is 1. The van der Waals surface area contributed by atoms with Crippen LogP contribution in [0.1, 0.15) is 19.4 Å². The van der Waals surface area contributed by atoms with Gasteiger partial charge in [-0.3, -0.25) is 9.59 Å². The van der Waals surface area contributed by atoms with Gasteiger partial charge in [-0.05, 0) is 32.0 Å². The Morgan fingerprint density at radius 3 is 2.81 bits per heavy atom. The molecule has 0 fully saturated rings. The molecule has 108 valence electrons. The van der Waals surface area contributed by atoms with Crippen LogP contribution < -0.4 is 5.43 Å². The molecule has 0 spiro atoms. The summed E-state index contributed by atoms with van der Waals surface area (Å²) in [6.07, 6.45) is 1.13. The molecule has 0 unspecified atom stereocenters. The number of halogens is 1. The number of hydrogen-bond donors (Lipinski definition) is 0. The van der Waals surface area contributed by atoms with Crippen molar-refractivity contribution in [2.24, 2.45) is 0 Å². The van der Waals surface area contributed by atoms with Crippen LogP contribution in [0.5, 0.6) is 0 Å². The van der Waals surface area contributed by atoms with E-state index >= 15 is 0 Å². The summed E-state index contributed by atoms with van der Waals surface area (Å²) in [5, 5.41) is 9.74. The molecular weight excluding hydrogens is 292 g/mol. The van der Waals surface area contributed by atoms with Crippen LogP contribution in [0.2, 0.25) is 5.02 Å². The van der Waals surface area contributed by atoms with Crippen molar-refractivity contribution >= 4 is 28.5 Å². The average Bonchev–Trinajstić information content (AvgIpc) is 2.41. The Bertz CT molecular complexity index is 803. The molecule has 2 aromatic rings. The van der Waals surface area contributed by atoms with Gasteiger partial charge in [-0.2, -0.15) is 5.26 Å². The number of nitriles is 1. The van der Waals surface area contributed by atoms with E-state index in [0.717, 1.165) is 0 Å². The molecule has 1 heterocycles. The van der Waals surface area contributed by atoms with Crippen LogP contribution >= 0.6 is 11.6 Å². The summed E-state index contributed by atoms with van der Waals surface area (Å²) in [5.41, 5.74) is 0.0923. The molecule has 0 aliphatic carbocycles. The zero-order valence-corrected chi connectivity index (χ0v) is 12.3. The third-order valence-corrected chi connectivity index (χ3v) is 3.06. The van der Waals surface area contributed by atoms with Gasteiger partial charge in [0.05, 0.1) is 11.6 Å². The number of carbonyl (C=O) groups excluding carboxylic acids is 1. The van der Waals surface area contributed by atoms with E-state index < -0.39 is 11.4 Å². The smallest absolute Gasteiger partial charge is 0.326 e. The highest BCUT2D eigenvalue weighted by molar-refractivity contribution is 6.31. The van der Waals surface area contributed by atoms with Crippen LogP contribution in [0.3, 0.4) is 0 Å². The van der Waals surface area contributed by atoms with E-state index in [1.165, 1.54) is 16.8 Å². The first-order valence-corrected chi connectivity index (χ1v) is 6.72. The number of rotatable bonds is 3. The highest BCUT2D eigenvalue weighted by Gasteiger charge is 2.13. The minimum Gasteiger partial charge on any atom is -0.462 e. The Balaban J connectivity index is 2.58. The summed E-state index contributed by atoms with van der Waals surface area (Å²) in [6, 6.07) is 6.59. The van der Waals surface area contributed by atoms with Crippen LogP contribution in [0.4, 0.5) is 0 Å². The molecule has 2 rings (SSSR count). The molecule has 5 nitrogen and oxygen atoms in total. The molecule has 0 aliphatic rings. The minimum absolute atomic E-state index is 0.0397. The fourth-order valence-electron chi connectivity index (χ4n) is 2.02. The standard InChI is InChI=1S/C15H13ClN2O3/c1-9(2)21-14(19)8-18-7-10(6-17)15(20)12-5-11(16)3-4-13(12)18/h3-5,7,9H,8H2,1-2H3. The van der Waals surface area contributed by atoms with Gasteiger partial charge < -0.3 is 9.30 Å². The predicted molar refractivity (Wildman–Crippen MR) is 79.2 cm³/mol. The zero-order valence-electron chi connectivity index (χ0n) is 11.6. The first kappa shape index (κ1) is 15.1. The van der Waals surface area contributed by atoms with Crippen molar-refractivity contribution in [3.05, 3.63) is 45.2 Å². The molecule has 0 saturated carbocycles. The SMILES string of the molecule is CC(C)OC(=O)Cn1cc(C#N)c(=O)c2cc(Cl)ccc21. The Hall–Kier alpha value is -2.32. The monoisotopic (exact) mass is 304 g/mol. The maximum absolute atomic E-state index is 12.1. The van der Waals surface area contributed by atoms with Gasteiger partial charge in [-0.25, -0.2) is 0 Å². The van der Waals surface area contributed by atoms with Gasteiger partial charge in [-0.1, -0.05) is 11.6 Å². The second kappa shape index (κ2) is 5.98. The topological polar surface area (TPSA) is 72.1 Å². The molecule has 0 atom stereocenters. The number of benzene rings is 1. The van der Waals surface area contributed by atoms with Crippen molar-refractivity contribution in [3.63, 3.8) is 0 Å². The number of nitrogens with zero attached hydrogens (tertiary/aromatic N) is 2. The molecule has 6 heteroatoms. The summed E-state index contributed by atoms with van der Waals surface area (Å²) in [4.78, 5) is 23.9. The predicted octanol–water partition coefficient (Wildman–Crippen LogP) is 2.48. The van der Waals surface area contributed by atoms with E-state index in [0.29, 0.717) is 15.9 Å². The Labute approximate surface area is 126 Å². The van der Waals surface area contributed by atoms with E-state index in [9.17, 15) is 9.59 Å². The van der Waals surface area contributed by atoms with Crippen LogP contribution in [0.15, 0.2) is 29.2 Å². The first-order chi connectivity index (χ1) is 9.92. The maximum Gasteiger partial charge on any atom is 0.326 e. The number of esters is 1. The molecule has 0 bridgehead atoms. The third-order valence-electron chi connectivity index (χ3n) is 2.83. The number of ether oxygens (including phenoxy) is 1. The lowest BCUT2D eigenvalue weighted by Gasteiger charge is -2.13. The maximum atomic E-state index is 12.1. The molecular formula is C15H13ClN2O3. The number of fused-ring (bicyclic) bond motifs is 1. The Kier molecular flexibility index (Phi) is 4.29. The number of hydrogen-bond acceptors (Lipinski definition) is 4. The van der Waals surface area contributed by atoms with Gasteiger partial charge in [0.1, 0.15) is 18.2 Å². The van der Waals surface area contributed by atoms with Gasteiger partial charge in [0.15, 0.2) is 0 Å². The van der Waals surface area contributed by atoms with E-state index in [4.69, 9.17) is 21.6 Å². The zero-order chi connectivity index (χ0) is 15.6. The highest BCUT2D eigenvalue weighted by atomic mass is 35.5. The van der Waals surface area contributed by atoms with E-state index in [1.807, 2.05) is 6.07 Å². The van der Waals surface area contributed by atoms with E-state index in [-0.39, 0.29) is 18.2 Å². The van der Waals surface area contributed by atoms with Crippen LogP contribution in [0, 0.1) is 11.3 Å². The quantitative estimate of drug-likeness (QED) is 0.817.